The van der Waals surface area contributed by atoms with Crippen LogP contribution in [0, 0.1) is 0 Å². The molecule has 1 atom stereocenters. The van der Waals surface area contributed by atoms with Crippen molar-refractivity contribution in [3.05, 3.63) is 47.1 Å². The molecule has 2 aromatic rings. The zero-order valence-electron chi connectivity index (χ0n) is 11.9. The molecule has 3 rings (SSSR count). The molecule has 0 bridgehead atoms. The highest BCUT2D eigenvalue weighted by atomic mass is 35.5. The third kappa shape index (κ3) is 2.89. The Bertz CT molecular complexity index is 791. The lowest BCUT2D eigenvalue weighted by molar-refractivity contribution is 0.398. The van der Waals surface area contributed by atoms with Gasteiger partial charge in [-0.1, -0.05) is 11.6 Å². The molecule has 0 saturated heterocycles. The number of aromatic nitrogens is 1. The van der Waals surface area contributed by atoms with Crippen LogP contribution >= 0.6 is 11.6 Å². The molecule has 0 fully saturated rings. The predicted octanol–water partition coefficient (Wildman–Crippen LogP) is 3.07. The summed E-state index contributed by atoms with van der Waals surface area (Å²) >= 11 is 6.03. The molecule has 0 aliphatic carbocycles. The first kappa shape index (κ1) is 15.1. The van der Waals surface area contributed by atoms with Crippen molar-refractivity contribution in [3.63, 3.8) is 0 Å². The van der Waals surface area contributed by atoms with Crippen LogP contribution in [-0.2, 0) is 9.84 Å². The van der Waals surface area contributed by atoms with Crippen LogP contribution in [0.3, 0.4) is 0 Å². The van der Waals surface area contributed by atoms with Gasteiger partial charge in [0, 0.05) is 11.1 Å². The Hall–Kier alpha value is -1.79. The third-order valence-electron chi connectivity index (χ3n) is 3.64. The van der Waals surface area contributed by atoms with E-state index in [1.807, 2.05) is 6.07 Å². The zero-order valence-corrected chi connectivity index (χ0v) is 13.5. The zero-order chi connectivity index (χ0) is 15.7. The summed E-state index contributed by atoms with van der Waals surface area (Å²) in [7, 11) is -1.67. The molecule has 0 radical (unpaired) electrons. The Labute approximate surface area is 134 Å². The van der Waals surface area contributed by atoms with Gasteiger partial charge in [0.25, 0.3) is 0 Å². The quantitative estimate of drug-likeness (QED) is 0.931. The molecule has 7 heteroatoms. The number of rotatable bonds is 3. The van der Waals surface area contributed by atoms with Crippen LogP contribution in [0.1, 0.15) is 18.0 Å². The topological polar surface area (TPSA) is 68.3 Å². The van der Waals surface area contributed by atoms with E-state index in [-0.39, 0.29) is 11.8 Å². The van der Waals surface area contributed by atoms with E-state index in [9.17, 15) is 8.42 Å². The van der Waals surface area contributed by atoms with Gasteiger partial charge in [0.15, 0.2) is 9.84 Å². The van der Waals surface area contributed by atoms with Gasteiger partial charge in [-0.15, -0.1) is 0 Å². The number of pyridine rings is 1. The van der Waals surface area contributed by atoms with Gasteiger partial charge in [0.05, 0.1) is 35.7 Å². The molecule has 1 N–H and O–H groups in total. The highest BCUT2D eigenvalue weighted by Crippen LogP contribution is 2.36. The predicted molar refractivity (Wildman–Crippen MR) is 85.3 cm³/mol. The number of anilines is 1. The number of sulfone groups is 1. The van der Waals surface area contributed by atoms with Crippen LogP contribution in [0.4, 0.5) is 5.69 Å². The van der Waals surface area contributed by atoms with Crippen molar-refractivity contribution in [3.8, 4) is 5.88 Å². The van der Waals surface area contributed by atoms with Gasteiger partial charge < -0.3 is 10.1 Å². The highest BCUT2D eigenvalue weighted by molar-refractivity contribution is 7.91. The number of hydrogen-bond donors (Lipinski definition) is 1. The van der Waals surface area contributed by atoms with Crippen molar-refractivity contribution in [2.24, 2.45) is 0 Å². The Kier molecular flexibility index (Phi) is 3.97. The summed E-state index contributed by atoms with van der Waals surface area (Å²) < 4.78 is 29.4. The van der Waals surface area contributed by atoms with Gasteiger partial charge in [0.1, 0.15) is 0 Å². The molecule has 0 amide bonds. The standard InChI is InChI=1S/C15H15ClN2O3S/c1-21-15-5-3-11(9-17-15)18-13-6-7-22(19,20)14-4-2-10(16)8-12(13)14/h2-5,8-9,13,18H,6-7H2,1H3. The van der Waals surface area contributed by atoms with Crippen LogP contribution in [-0.4, -0.2) is 26.3 Å². The van der Waals surface area contributed by atoms with E-state index in [4.69, 9.17) is 16.3 Å². The minimum atomic E-state index is -3.23. The summed E-state index contributed by atoms with van der Waals surface area (Å²) in [5, 5.41) is 3.84. The molecule has 5 nitrogen and oxygen atoms in total. The maximum absolute atomic E-state index is 12.2. The van der Waals surface area contributed by atoms with E-state index in [1.165, 1.54) is 0 Å². The minimum Gasteiger partial charge on any atom is -0.481 e. The second-order valence-corrected chi connectivity index (χ2v) is 7.59. The summed E-state index contributed by atoms with van der Waals surface area (Å²) in [6, 6.07) is 8.37. The Morgan fingerprint density at radius 2 is 2.14 bits per heavy atom. The maximum Gasteiger partial charge on any atom is 0.213 e. The smallest absolute Gasteiger partial charge is 0.213 e. The van der Waals surface area contributed by atoms with Crippen LogP contribution in [0.15, 0.2) is 41.4 Å². The third-order valence-corrected chi connectivity index (χ3v) is 5.69. The van der Waals surface area contributed by atoms with Crippen molar-refractivity contribution in [1.82, 2.24) is 4.98 Å². The number of methoxy groups -OCH3 is 1. The fraction of sp³-hybridized carbons (Fsp3) is 0.267. The summed E-state index contributed by atoms with van der Waals surface area (Å²) in [5.41, 5.74) is 1.51. The van der Waals surface area contributed by atoms with Gasteiger partial charge in [-0.05, 0) is 36.2 Å². The molecule has 0 saturated carbocycles. The number of ether oxygens (including phenoxy) is 1. The Morgan fingerprint density at radius 3 is 2.82 bits per heavy atom. The molecule has 0 spiro atoms. The van der Waals surface area contributed by atoms with Crippen molar-refractivity contribution in [1.29, 1.82) is 0 Å². The van der Waals surface area contributed by atoms with Crippen LogP contribution in [0.25, 0.3) is 0 Å². The molecule has 116 valence electrons. The van der Waals surface area contributed by atoms with Gasteiger partial charge in [-0.25, -0.2) is 13.4 Å². The number of halogens is 1. The van der Waals surface area contributed by atoms with Crippen LogP contribution in [0.5, 0.6) is 5.88 Å². The molecule has 22 heavy (non-hydrogen) atoms. The first-order valence-corrected chi connectivity index (χ1v) is 8.81. The van der Waals surface area contributed by atoms with E-state index < -0.39 is 9.84 Å². The minimum absolute atomic E-state index is 0.114. The monoisotopic (exact) mass is 338 g/mol. The molecule has 1 unspecified atom stereocenters. The average Bonchev–Trinajstić information content (AvgIpc) is 2.51. The first-order valence-electron chi connectivity index (χ1n) is 6.78. The fourth-order valence-electron chi connectivity index (χ4n) is 2.55. The SMILES string of the molecule is COc1ccc(NC2CCS(=O)(=O)c3ccc(Cl)cc32)cn1. The summed E-state index contributed by atoms with van der Waals surface area (Å²) in [6.45, 7) is 0. The number of hydrogen-bond acceptors (Lipinski definition) is 5. The number of nitrogens with zero attached hydrogens (tertiary/aromatic N) is 1. The van der Waals surface area contributed by atoms with Crippen LogP contribution in [0.2, 0.25) is 5.02 Å². The van der Waals surface area contributed by atoms with Crippen molar-refractivity contribution in [2.75, 3.05) is 18.2 Å². The first-order chi connectivity index (χ1) is 10.5. The molecule has 2 heterocycles. The van der Waals surface area contributed by atoms with Crippen molar-refractivity contribution < 1.29 is 13.2 Å². The van der Waals surface area contributed by atoms with E-state index in [2.05, 4.69) is 10.3 Å². The molecule has 1 aromatic carbocycles. The molecule has 1 aliphatic rings. The average molecular weight is 339 g/mol. The van der Waals surface area contributed by atoms with E-state index in [0.717, 1.165) is 5.69 Å². The second kappa shape index (κ2) is 5.78. The maximum atomic E-state index is 12.2. The summed E-state index contributed by atoms with van der Waals surface area (Å²) in [6.07, 6.45) is 2.15. The molecule has 1 aromatic heterocycles. The lowest BCUT2D eigenvalue weighted by Crippen LogP contribution is -2.24. The van der Waals surface area contributed by atoms with E-state index >= 15 is 0 Å². The fourth-order valence-corrected chi connectivity index (χ4v) is 4.33. The number of nitrogens with one attached hydrogen (secondary N) is 1. The molecule has 1 aliphatic heterocycles. The van der Waals surface area contributed by atoms with Crippen molar-refractivity contribution in [2.45, 2.75) is 17.4 Å². The largest absolute Gasteiger partial charge is 0.481 e. The molecular formula is C15H15ClN2O3S. The highest BCUT2D eigenvalue weighted by Gasteiger charge is 2.30. The lowest BCUT2D eigenvalue weighted by Gasteiger charge is -2.27. The number of fused-ring (bicyclic) bond motifs is 1. The van der Waals surface area contributed by atoms with Gasteiger partial charge in [-0.3, -0.25) is 0 Å². The Morgan fingerprint density at radius 1 is 1.32 bits per heavy atom. The normalized spacial score (nSPS) is 19.3. The van der Waals surface area contributed by atoms with E-state index in [1.54, 1.807) is 37.6 Å². The summed E-state index contributed by atoms with van der Waals surface area (Å²) in [4.78, 5) is 4.48. The second-order valence-electron chi connectivity index (χ2n) is 5.08. The van der Waals surface area contributed by atoms with Crippen LogP contribution < -0.4 is 10.1 Å². The van der Waals surface area contributed by atoms with Gasteiger partial charge >= 0.3 is 0 Å². The summed E-state index contributed by atoms with van der Waals surface area (Å²) in [5.74, 6) is 0.642. The lowest BCUT2D eigenvalue weighted by atomic mass is 10.0. The molecular weight excluding hydrogens is 324 g/mol. The Balaban J connectivity index is 1.93. The number of benzene rings is 1. The van der Waals surface area contributed by atoms with Gasteiger partial charge in [0.2, 0.25) is 5.88 Å². The van der Waals surface area contributed by atoms with Gasteiger partial charge in [-0.2, -0.15) is 0 Å². The van der Waals surface area contributed by atoms with E-state index in [0.29, 0.717) is 27.8 Å². The van der Waals surface area contributed by atoms with Crippen molar-refractivity contribution >= 4 is 27.1 Å².